The summed E-state index contributed by atoms with van der Waals surface area (Å²) in [4.78, 5) is 2.12. The molecule has 1 aromatic rings. The van der Waals surface area contributed by atoms with E-state index in [2.05, 4.69) is 33.4 Å². The van der Waals surface area contributed by atoms with Gasteiger partial charge in [0, 0.05) is 19.6 Å². The zero-order valence-corrected chi connectivity index (χ0v) is 13.0. The maximum absolute atomic E-state index is 9.56. The van der Waals surface area contributed by atoms with Crippen LogP contribution < -0.4 is 10.2 Å². The van der Waals surface area contributed by atoms with Crippen molar-refractivity contribution in [1.82, 2.24) is 15.5 Å². The summed E-state index contributed by atoms with van der Waals surface area (Å²) in [6, 6.07) is 2.33. The number of ether oxygens (including phenoxy) is 1. The Labute approximate surface area is 126 Å². The van der Waals surface area contributed by atoms with E-state index in [9.17, 15) is 5.26 Å². The molecule has 0 aliphatic carbocycles. The summed E-state index contributed by atoms with van der Waals surface area (Å²) in [5.41, 5.74) is 2.63. The maximum atomic E-state index is 9.56. The molecule has 1 unspecified atom stereocenters. The molecule has 1 saturated heterocycles. The van der Waals surface area contributed by atoms with Crippen LogP contribution in [-0.4, -0.2) is 49.6 Å². The number of anilines is 1. The highest BCUT2D eigenvalue weighted by molar-refractivity contribution is 5.58. The summed E-state index contributed by atoms with van der Waals surface area (Å²) in [6.07, 6.45) is 1.73. The van der Waals surface area contributed by atoms with E-state index in [0.717, 1.165) is 43.7 Å². The van der Waals surface area contributed by atoms with E-state index >= 15 is 0 Å². The number of morpholine rings is 1. The monoisotopic (exact) mass is 289 g/mol. The zero-order chi connectivity index (χ0) is 15.2. The van der Waals surface area contributed by atoms with Crippen molar-refractivity contribution in [2.45, 2.75) is 32.8 Å². The van der Waals surface area contributed by atoms with Crippen LogP contribution in [0.25, 0.3) is 0 Å². The third-order valence-electron chi connectivity index (χ3n) is 3.81. The normalized spacial score (nSPS) is 18.6. The second-order valence-corrected chi connectivity index (χ2v) is 5.14. The van der Waals surface area contributed by atoms with Gasteiger partial charge in [0.05, 0.1) is 18.4 Å². The Balaban J connectivity index is 2.33. The van der Waals surface area contributed by atoms with Gasteiger partial charge in [-0.1, -0.05) is 13.8 Å². The standard InChI is InChI=1S/C15H23N5O/c1-4-12-13(8-16)15(19-18-14(12)5-2)20-6-7-21-11(10-20)9-17-3/h11,17H,4-7,9-10H2,1-3H3. The number of likely N-dealkylation sites (N-methyl/N-ethyl adjacent to an activating group) is 1. The molecule has 1 atom stereocenters. The van der Waals surface area contributed by atoms with Crippen molar-refractivity contribution in [3.05, 3.63) is 16.8 Å². The van der Waals surface area contributed by atoms with Gasteiger partial charge in [-0.15, -0.1) is 5.10 Å². The summed E-state index contributed by atoms with van der Waals surface area (Å²) in [5.74, 6) is 0.705. The van der Waals surface area contributed by atoms with Crippen LogP contribution in [0.15, 0.2) is 0 Å². The number of aromatic nitrogens is 2. The minimum atomic E-state index is 0.119. The second-order valence-electron chi connectivity index (χ2n) is 5.14. The van der Waals surface area contributed by atoms with Gasteiger partial charge >= 0.3 is 0 Å². The van der Waals surface area contributed by atoms with Gasteiger partial charge in [0.15, 0.2) is 5.82 Å². The first kappa shape index (κ1) is 15.7. The van der Waals surface area contributed by atoms with Gasteiger partial charge in [-0.05, 0) is 25.5 Å². The largest absolute Gasteiger partial charge is 0.373 e. The molecule has 0 aromatic carbocycles. The minimum Gasteiger partial charge on any atom is -0.373 e. The predicted octanol–water partition coefficient (Wildman–Crippen LogP) is 0.898. The van der Waals surface area contributed by atoms with Crippen LogP contribution in [-0.2, 0) is 17.6 Å². The van der Waals surface area contributed by atoms with Crippen LogP contribution in [0, 0.1) is 11.3 Å². The maximum Gasteiger partial charge on any atom is 0.169 e. The first-order valence-electron chi connectivity index (χ1n) is 7.54. The van der Waals surface area contributed by atoms with Gasteiger partial charge < -0.3 is 15.0 Å². The van der Waals surface area contributed by atoms with Gasteiger partial charge in [-0.25, -0.2) is 0 Å². The highest BCUT2D eigenvalue weighted by Gasteiger charge is 2.25. The van der Waals surface area contributed by atoms with Gasteiger partial charge in [0.25, 0.3) is 0 Å². The summed E-state index contributed by atoms with van der Waals surface area (Å²) >= 11 is 0. The van der Waals surface area contributed by atoms with E-state index in [0.29, 0.717) is 18.0 Å². The number of hydrogen-bond acceptors (Lipinski definition) is 6. The lowest BCUT2D eigenvalue weighted by Crippen LogP contribution is -2.47. The van der Waals surface area contributed by atoms with Gasteiger partial charge in [0.1, 0.15) is 11.6 Å². The molecule has 0 saturated carbocycles. The zero-order valence-electron chi connectivity index (χ0n) is 13.0. The molecule has 0 bridgehead atoms. The highest BCUT2D eigenvalue weighted by atomic mass is 16.5. The minimum absolute atomic E-state index is 0.119. The van der Waals surface area contributed by atoms with E-state index in [1.807, 2.05) is 14.0 Å². The van der Waals surface area contributed by atoms with Crippen molar-refractivity contribution in [2.75, 3.05) is 38.2 Å². The molecule has 21 heavy (non-hydrogen) atoms. The Bertz CT molecular complexity index is 524. The third-order valence-corrected chi connectivity index (χ3v) is 3.81. The Morgan fingerprint density at radius 2 is 2.19 bits per heavy atom. The average molecular weight is 289 g/mol. The van der Waals surface area contributed by atoms with Crippen LogP contribution >= 0.6 is 0 Å². The van der Waals surface area contributed by atoms with Crippen molar-refractivity contribution in [2.24, 2.45) is 0 Å². The van der Waals surface area contributed by atoms with Crippen molar-refractivity contribution in [1.29, 1.82) is 5.26 Å². The van der Waals surface area contributed by atoms with Crippen LogP contribution in [0.3, 0.4) is 0 Å². The van der Waals surface area contributed by atoms with Crippen molar-refractivity contribution in [3.63, 3.8) is 0 Å². The summed E-state index contributed by atoms with van der Waals surface area (Å²) in [5, 5.41) is 21.3. The molecule has 6 nitrogen and oxygen atoms in total. The molecule has 0 spiro atoms. The van der Waals surface area contributed by atoms with Crippen LogP contribution in [0.4, 0.5) is 5.82 Å². The van der Waals surface area contributed by atoms with Crippen LogP contribution in [0.5, 0.6) is 0 Å². The molecule has 0 radical (unpaired) electrons. The van der Waals surface area contributed by atoms with E-state index in [1.54, 1.807) is 0 Å². The number of nitrogens with zero attached hydrogens (tertiary/aromatic N) is 4. The van der Waals surface area contributed by atoms with Crippen molar-refractivity contribution >= 4 is 5.82 Å². The lowest BCUT2D eigenvalue weighted by atomic mass is 10.0. The van der Waals surface area contributed by atoms with Crippen molar-refractivity contribution < 1.29 is 4.74 Å². The Morgan fingerprint density at radius 1 is 1.38 bits per heavy atom. The molecule has 1 aromatic heterocycles. The van der Waals surface area contributed by atoms with Crippen LogP contribution in [0.1, 0.15) is 30.7 Å². The first-order chi connectivity index (χ1) is 10.2. The number of nitrogens with one attached hydrogen (secondary N) is 1. The smallest absolute Gasteiger partial charge is 0.169 e. The molecular formula is C15H23N5O. The average Bonchev–Trinajstić information content (AvgIpc) is 2.53. The molecule has 1 fully saturated rings. The SMILES string of the molecule is CCc1nnc(N2CCOC(CNC)C2)c(C#N)c1CC. The molecule has 1 N–H and O–H groups in total. The number of aryl methyl sites for hydroxylation is 1. The predicted molar refractivity (Wildman–Crippen MR) is 81.4 cm³/mol. The molecule has 2 heterocycles. The Hall–Kier alpha value is -1.71. The molecule has 2 rings (SSSR count). The molecule has 0 amide bonds. The Morgan fingerprint density at radius 3 is 2.81 bits per heavy atom. The van der Waals surface area contributed by atoms with E-state index in [4.69, 9.17) is 4.74 Å². The van der Waals surface area contributed by atoms with Gasteiger partial charge in [-0.3, -0.25) is 0 Å². The highest BCUT2D eigenvalue weighted by Crippen LogP contribution is 2.24. The van der Waals surface area contributed by atoms with Crippen LogP contribution in [0.2, 0.25) is 0 Å². The van der Waals surface area contributed by atoms with Gasteiger partial charge in [0.2, 0.25) is 0 Å². The summed E-state index contributed by atoms with van der Waals surface area (Å²) in [7, 11) is 1.91. The fourth-order valence-corrected chi connectivity index (χ4v) is 2.76. The van der Waals surface area contributed by atoms with E-state index in [1.165, 1.54) is 0 Å². The number of rotatable bonds is 5. The Kier molecular flexibility index (Phi) is 5.48. The fourth-order valence-electron chi connectivity index (χ4n) is 2.76. The fraction of sp³-hybridized carbons (Fsp3) is 0.667. The number of nitriles is 1. The van der Waals surface area contributed by atoms with Gasteiger partial charge in [-0.2, -0.15) is 10.4 Å². The van der Waals surface area contributed by atoms with E-state index in [-0.39, 0.29) is 6.10 Å². The molecule has 1 aliphatic heterocycles. The van der Waals surface area contributed by atoms with E-state index < -0.39 is 0 Å². The lowest BCUT2D eigenvalue weighted by molar-refractivity contribution is 0.0418. The van der Waals surface area contributed by atoms with Crippen molar-refractivity contribution in [3.8, 4) is 6.07 Å². The molecule has 6 heteroatoms. The third kappa shape index (κ3) is 3.31. The topological polar surface area (TPSA) is 74.1 Å². The quantitative estimate of drug-likeness (QED) is 0.868. The molecule has 114 valence electrons. The molecule has 1 aliphatic rings. The summed E-state index contributed by atoms with van der Waals surface area (Å²) < 4.78 is 5.71. The first-order valence-corrected chi connectivity index (χ1v) is 7.54. The molecular weight excluding hydrogens is 266 g/mol. The number of hydrogen-bond donors (Lipinski definition) is 1. The summed E-state index contributed by atoms with van der Waals surface area (Å²) in [6.45, 7) is 7.03. The lowest BCUT2D eigenvalue weighted by Gasteiger charge is -2.34. The second kappa shape index (κ2) is 7.34.